The van der Waals surface area contributed by atoms with Gasteiger partial charge in [-0.3, -0.25) is 9.36 Å². The number of anilines is 1. The molecule has 4 aromatic rings. The molecule has 0 unspecified atom stereocenters. The van der Waals surface area contributed by atoms with Gasteiger partial charge in [0.25, 0.3) is 5.56 Å². The van der Waals surface area contributed by atoms with E-state index in [4.69, 9.17) is 0 Å². The maximum atomic E-state index is 13.5. The second-order valence-corrected chi connectivity index (χ2v) is 6.56. The molecular formula is C17H14FN5OS. The molecule has 0 radical (unpaired) electrons. The average Bonchev–Trinajstić information content (AvgIpc) is 2.99. The fraction of sp³-hybridized carbons (Fsp3) is 0.176. The van der Waals surface area contributed by atoms with Crippen molar-refractivity contribution in [3.05, 3.63) is 52.6 Å². The van der Waals surface area contributed by atoms with Crippen LogP contribution in [0.2, 0.25) is 0 Å². The summed E-state index contributed by atoms with van der Waals surface area (Å²) in [5, 5.41) is 3.93. The fourth-order valence-electron chi connectivity index (χ4n) is 2.73. The number of hydrogen-bond donors (Lipinski definition) is 1. The highest BCUT2D eigenvalue weighted by Crippen LogP contribution is 2.32. The molecular weight excluding hydrogens is 341 g/mol. The number of thiophene rings is 1. The van der Waals surface area contributed by atoms with Crippen molar-refractivity contribution < 1.29 is 4.39 Å². The van der Waals surface area contributed by atoms with Crippen LogP contribution in [0.1, 0.15) is 12.5 Å². The summed E-state index contributed by atoms with van der Waals surface area (Å²) in [6, 6.07) is 4.54. The van der Waals surface area contributed by atoms with Gasteiger partial charge in [0.15, 0.2) is 0 Å². The minimum Gasteiger partial charge on any atom is -0.370 e. The number of rotatable bonds is 3. The summed E-state index contributed by atoms with van der Waals surface area (Å²) in [7, 11) is 0. The smallest absolute Gasteiger partial charge is 0.275 e. The van der Waals surface area contributed by atoms with E-state index in [9.17, 15) is 9.18 Å². The van der Waals surface area contributed by atoms with Gasteiger partial charge in [0.1, 0.15) is 39.3 Å². The first kappa shape index (κ1) is 15.6. The number of hydrogen-bond acceptors (Lipinski definition) is 6. The maximum absolute atomic E-state index is 13.5. The minimum absolute atomic E-state index is 0.207. The van der Waals surface area contributed by atoms with E-state index in [1.54, 1.807) is 19.1 Å². The molecule has 0 amide bonds. The van der Waals surface area contributed by atoms with Crippen LogP contribution in [0.3, 0.4) is 0 Å². The molecule has 8 heteroatoms. The van der Waals surface area contributed by atoms with Crippen molar-refractivity contribution in [2.24, 2.45) is 0 Å². The molecule has 0 saturated heterocycles. The van der Waals surface area contributed by atoms with Crippen molar-refractivity contribution in [3.8, 4) is 5.69 Å². The van der Waals surface area contributed by atoms with Crippen molar-refractivity contribution in [1.82, 2.24) is 19.5 Å². The Hall–Kier alpha value is -2.87. The maximum Gasteiger partial charge on any atom is 0.275 e. The van der Waals surface area contributed by atoms with E-state index in [1.807, 2.05) is 6.92 Å². The molecule has 4 rings (SSSR count). The third-order valence-corrected chi connectivity index (χ3v) is 5.02. The number of aromatic nitrogens is 4. The Morgan fingerprint density at radius 2 is 2.12 bits per heavy atom. The molecule has 0 aliphatic heterocycles. The molecule has 0 spiro atoms. The van der Waals surface area contributed by atoms with Gasteiger partial charge in [-0.2, -0.15) is 0 Å². The number of nitrogens with zero attached hydrogens (tertiary/aromatic N) is 4. The summed E-state index contributed by atoms with van der Waals surface area (Å²) in [6.07, 6.45) is 2.93. The van der Waals surface area contributed by atoms with Gasteiger partial charge in [0.05, 0.1) is 11.1 Å². The summed E-state index contributed by atoms with van der Waals surface area (Å²) in [5.41, 5.74) is 1.42. The van der Waals surface area contributed by atoms with Crippen LogP contribution >= 0.6 is 11.3 Å². The van der Waals surface area contributed by atoms with Gasteiger partial charge in [-0.05, 0) is 37.6 Å². The molecule has 1 aromatic carbocycles. The lowest BCUT2D eigenvalue weighted by molar-refractivity contribution is 0.618. The van der Waals surface area contributed by atoms with E-state index in [2.05, 4.69) is 20.3 Å². The third-order valence-electron chi connectivity index (χ3n) is 3.94. The largest absolute Gasteiger partial charge is 0.370 e. The number of nitrogens with one attached hydrogen (secondary N) is 1. The predicted molar refractivity (Wildman–Crippen MR) is 97.2 cm³/mol. The summed E-state index contributed by atoms with van der Waals surface area (Å²) in [4.78, 5) is 26.6. The number of halogens is 1. The standard InChI is InChI=1S/C17H14FN5OS/c1-3-19-15-12-13-14(25-16(12)21-7-20-15)17(24)23(8-22-13)10-4-5-11(18)9(2)6-10/h4-8H,3H2,1-2H3,(H,19,20,21). The van der Waals surface area contributed by atoms with Crippen molar-refractivity contribution >= 4 is 37.6 Å². The van der Waals surface area contributed by atoms with E-state index in [0.29, 0.717) is 38.7 Å². The zero-order valence-corrected chi connectivity index (χ0v) is 14.4. The van der Waals surface area contributed by atoms with Crippen LogP contribution in [-0.2, 0) is 0 Å². The van der Waals surface area contributed by atoms with Crippen LogP contribution in [0, 0.1) is 12.7 Å². The van der Waals surface area contributed by atoms with E-state index in [1.165, 1.54) is 34.6 Å². The van der Waals surface area contributed by atoms with E-state index >= 15 is 0 Å². The third kappa shape index (κ3) is 2.45. The van der Waals surface area contributed by atoms with Gasteiger partial charge in [-0.25, -0.2) is 19.3 Å². The zero-order chi connectivity index (χ0) is 17.6. The minimum atomic E-state index is -0.307. The topological polar surface area (TPSA) is 72.7 Å². The van der Waals surface area contributed by atoms with Gasteiger partial charge in [-0.15, -0.1) is 11.3 Å². The van der Waals surface area contributed by atoms with Crippen LogP contribution in [0.5, 0.6) is 0 Å². The first-order chi connectivity index (χ1) is 12.1. The fourth-order valence-corrected chi connectivity index (χ4v) is 3.75. The lowest BCUT2D eigenvalue weighted by atomic mass is 10.2. The SMILES string of the molecule is CCNc1ncnc2sc3c(=O)n(-c4ccc(F)c(C)c4)cnc3c12. The first-order valence-corrected chi connectivity index (χ1v) is 8.57. The molecule has 25 heavy (non-hydrogen) atoms. The summed E-state index contributed by atoms with van der Waals surface area (Å²) in [5.74, 6) is 0.360. The second kappa shape index (κ2) is 5.89. The molecule has 0 fully saturated rings. The predicted octanol–water partition coefficient (Wildman–Crippen LogP) is 3.27. The van der Waals surface area contributed by atoms with Crippen LogP contribution < -0.4 is 10.9 Å². The van der Waals surface area contributed by atoms with Crippen LogP contribution in [-0.4, -0.2) is 26.1 Å². The molecule has 0 aliphatic carbocycles. The monoisotopic (exact) mass is 355 g/mol. The summed E-state index contributed by atoms with van der Waals surface area (Å²) >= 11 is 1.28. The van der Waals surface area contributed by atoms with Gasteiger partial charge >= 0.3 is 0 Å². The van der Waals surface area contributed by atoms with Crippen molar-refractivity contribution in [3.63, 3.8) is 0 Å². The van der Waals surface area contributed by atoms with E-state index < -0.39 is 0 Å². The lowest BCUT2D eigenvalue weighted by Crippen LogP contribution is -2.18. The Balaban J connectivity index is 2.00. The summed E-state index contributed by atoms with van der Waals surface area (Å²) in [6.45, 7) is 4.34. The Labute approximate surface area is 146 Å². The highest BCUT2D eigenvalue weighted by atomic mass is 32.1. The Kier molecular flexibility index (Phi) is 3.69. The number of benzene rings is 1. The quantitative estimate of drug-likeness (QED) is 0.611. The van der Waals surface area contributed by atoms with Crippen molar-refractivity contribution in [2.45, 2.75) is 13.8 Å². The Morgan fingerprint density at radius 3 is 2.88 bits per heavy atom. The van der Waals surface area contributed by atoms with Crippen LogP contribution in [0.15, 0.2) is 35.6 Å². The van der Waals surface area contributed by atoms with Gasteiger partial charge in [-0.1, -0.05) is 0 Å². The zero-order valence-electron chi connectivity index (χ0n) is 13.6. The highest BCUT2D eigenvalue weighted by Gasteiger charge is 2.17. The molecule has 0 atom stereocenters. The van der Waals surface area contributed by atoms with Gasteiger partial charge < -0.3 is 5.32 Å². The molecule has 1 N–H and O–H groups in total. The van der Waals surface area contributed by atoms with Crippen LogP contribution in [0.4, 0.5) is 10.2 Å². The second-order valence-electron chi connectivity index (χ2n) is 5.57. The lowest BCUT2D eigenvalue weighted by Gasteiger charge is -2.07. The Morgan fingerprint density at radius 1 is 1.28 bits per heavy atom. The molecule has 3 aromatic heterocycles. The molecule has 0 aliphatic rings. The molecule has 0 saturated carbocycles. The van der Waals surface area contributed by atoms with Gasteiger partial charge in [0.2, 0.25) is 0 Å². The molecule has 3 heterocycles. The Bertz CT molecular complexity index is 1170. The van der Waals surface area contributed by atoms with Crippen molar-refractivity contribution in [2.75, 3.05) is 11.9 Å². The van der Waals surface area contributed by atoms with E-state index in [-0.39, 0.29) is 11.4 Å². The average molecular weight is 355 g/mol. The number of fused-ring (bicyclic) bond motifs is 3. The molecule has 6 nitrogen and oxygen atoms in total. The van der Waals surface area contributed by atoms with Crippen LogP contribution in [0.25, 0.3) is 26.1 Å². The number of aryl methyl sites for hydroxylation is 1. The van der Waals surface area contributed by atoms with Crippen molar-refractivity contribution in [1.29, 1.82) is 0 Å². The normalized spacial score (nSPS) is 11.3. The first-order valence-electron chi connectivity index (χ1n) is 7.75. The molecule has 0 bridgehead atoms. The van der Waals surface area contributed by atoms with E-state index in [0.717, 1.165) is 5.39 Å². The summed E-state index contributed by atoms with van der Waals surface area (Å²) < 4.78 is 15.4. The van der Waals surface area contributed by atoms with Gasteiger partial charge in [0, 0.05) is 6.54 Å². The molecule has 126 valence electrons. The highest BCUT2D eigenvalue weighted by molar-refractivity contribution is 7.25.